The van der Waals surface area contributed by atoms with Crippen molar-refractivity contribution in [3.63, 3.8) is 0 Å². The van der Waals surface area contributed by atoms with Crippen molar-refractivity contribution < 1.29 is 23.1 Å². The van der Waals surface area contributed by atoms with E-state index < -0.39 is 17.8 Å². The highest BCUT2D eigenvalue weighted by Crippen LogP contribution is 2.28. The highest BCUT2D eigenvalue weighted by atomic mass is 35.5. The number of nitrogens with one attached hydrogen (secondary N) is 3. The van der Waals surface area contributed by atoms with E-state index in [2.05, 4.69) is 10.6 Å². The first-order valence-corrected chi connectivity index (χ1v) is 9.62. The van der Waals surface area contributed by atoms with Crippen molar-refractivity contribution in [2.24, 2.45) is 0 Å². The van der Waals surface area contributed by atoms with E-state index >= 15 is 0 Å². The number of hydrogen-bond acceptors (Lipinski definition) is 4. The lowest BCUT2D eigenvalue weighted by atomic mass is 10.1. The molecule has 0 saturated heterocycles. The van der Waals surface area contributed by atoms with Gasteiger partial charge in [-0.1, -0.05) is 48.0 Å². The van der Waals surface area contributed by atoms with Crippen LogP contribution in [0.15, 0.2) is 78.9 Å². The summed E-state index contributed by atoms with van der Waals surface area (Å²) in [6.45, 7) is 0. The summed E-state index contributed by atoms with van der Waals surface area (Å²) in [6, 6.07) is 18.4. The lowest BCUT2D eigenvalue weighted by Gasteiger charge is -2.15. The van der Waals surface area contributed by atoms with E-state index in [4.69, 9.17) is 17.0 Å². The molecule has 0 radical (unpaired) electrons. The summed E-state index contributed by atoms with van der Waals surface area (Å²) in [5.41, 5.74) is -0.461. The maximum Gasteiger partial charge on any atom is 0.432 e. The molecular formula is C23H17ClF3N3O2. The minimum absolute atomic E-state index is 0.0203. The van der Waals surface area contributed by atoms with Gasteiger partial charge < -0.3 is 15.7 Å². The Hall–Kier alpha value is -3.78. The first kappa shape index (κ1) is 22.9. The van der Waals surface area contributed by atoms with Gasteiger partial charge in [-0.15, -0.1) is 0 Å². The Kier molecular flexibility index (Phi) is 6.85. The van der Waals surface area contributed by atoms with E-state index in [-0.39, 0.29) is 27.7 Å². The number of halogens is 4. The molecule has 0 atom stereocenters. The lowest BCUT2D eigenvalue weighted by molar-refractivity contribution is -0.0583. The number of hydrogen-bond donors (Lipinski definition) is 4. The van der Waals surface area contributed by atoms with Crippen LogP contribution in [0.3, 0.4) is 0 Å². The van der Waals surface area contributed by atoms with Gasteiger partial charge in [-0.3, -0.25) is 10.2 Å². The van der Waals surface area contributed by atoms with E-state index in [1.54, 1.807) is 36.4 Å². The van der Waals surface area contributed by atoms with Crippen LogP contribution in [0, 0.1) is 5.41 Å². The molecule has 0 saturated carbocycles. The number of phenols is 1. The van der Waals surface area contributed by atoms with Crippen molar-refractivity contribution in [2.75, 3.05) is 10.6 Å². The minimum atomic E-state index is -4.83. The molecule has 3 aromatic carbocycles. The highest BCUT2D eigenvalue weighted by Gasteiger charge is 2.33. The highest BCUT2D eigenvalue weighted by molar-refractivity contribution is 6.33. The molecular weight excluding hydrogens is 443 g/mol. The van der Waals surface area contributed by atoms with E-state index in [0.717, 1.165) is 0 Å². The van der Waals surface area contributed by atoms with E-state index in [1.807, 2.05) is 0 Å². The number of allylic oxidation sites excluding steroid dienone is 1. The third-order valence-corrected chi connectivity index (χ3v) is 4.68. The van der Waals surface area contributed by atoms with Crippen molar-refractivity contribution in [3.8, 4) is 5.75 Å². The lowest BCUT2D eigenvalue weighted by Crippen LogP contribution is -2.20. The molecule has 0 fully saturated rings. The fraction of sp³-hybridized carbons (Fsp3) is 0.0435. The predicted molar refractivity (Wildman–Crippen MR) is 119 cm³/mol. The smallest absolute Gasteiger partial charge is 0.432 e. The molecule has 3 aromatic rings. The molecule has 0 spiro atoms. The van der Waals surface area contributed by atoms with Crippen molar-refractivity contribution in [1.82, 2.24) is 0 Å². The van der Waals surface area contributed by atoms with Crippen molar-refractivity contribution in [1.29, 1.82) is 5.41 Å². The average molecular weight is 460 g/mol. The van der Waals surface area contributed by atoms with Crippen LogP contribution in [0.2, 0.25) is 5.02 Å². The maximum absolute atomic E-state index is 13.0. The average Bonchev–Trinajstić information content (AvgIpc) is 2.75. The van der Waals surface area contributed by atoms with Gasteiger partial charge in [-0.05, 0) is 48.0 Å². The Balaban J connectivity index is 1.89. The van der Waals surface area contributed by atoms with E-state index in [0.29, 0.717) is 17.3 Å². The van der Waals surface area contributed by atoms with Crippen LogP contribution in [-0.4, -0.2) is 22.9 Å². The number of alkyl halides is 3. The number of aromatic hydroxyl groups is 1. The first-order valence-electron chi connectivity index (χ1n) is 9.24. The van der Waals surface area contributed by atoms with Crippen molar-refractivity contribution in [2.45, 2.75) is 6.18 Å². The van der Waals surface area contributed by atoms with Gasteiger partial charge in [0.25, 0.3) is 5.91 Å². The van der Waals surface area contributed by atoms with Crippen LogP contribution in [0.25, 0.3) is 5.70 Å². The molecule has 3 rings (SSSR count). The quantitative estimate of drug-likeness (QED) is 0.256. The molecule has 1 amide bonds. The fourth-order valence-electron chi connectivity index (χ4n) is 2.70. The third kappa shape index (κ3) is 5.67. The fourth-order valence-corrected chi connectivity index (χ4v) is 2.88. The van der Waals surface area contributed by atoms with Gasteiger partial charge in [-0.25, -0.2) is 0 Å². The van der Waals surface area contributed by atoms with Gasteiger partial charge in [0, 0.05) is 11.3 Å². The SMILES string of the molecule is N=C(/C=C(\Nc1ccccc1Cl)c1ccc(C(=O)Nc2ccccc2O)cc1)C(F)(F)F. The van der Waals surface area contributed by atoms with Crippen molar-refractivity contribution >= 4 is 40.3 Å². The van der Waals surface area contributed by atoms with Gasteiger partial charge >= 0.3 is 6.18 Å². The van der Waals surface area contributed by atoms with E-state index in [9.17, 15) is 23.1 Å². The van der Waals surface area contributed by atoms with Gasteiger partial charge in [0.05, 0.1) is 16.4 Å². The second-order valence-electron chi connectivity index (χ2n) is 6.62. The molecule has 0 bridgehead atoms. The van der Waals surface area contributed by atoms with Crippen LogP contribution < -0.4 is 10.6 Å². The molecule has 0 unspecified atom stereocenters. The molecule has 0 aliphatic rings. The Morgan fingerprint density at radius 2 is 1.44 bits per heavy atom. The van der Waals surface area contributed by atoms with Crippen LogP contribution >= 0.6 is 11.6 Å². The summed E-state index contributed by atoms with van der Waals surface area (Å²) in [5, 5.41) is 22.8. The number of anilines is 2. The molecule has 0 heterocycles. The van der Waals surface area contributed by atoms with Gasteiger partial charge in [0.1, 0.15) is 11.5 Å². The number of phenolic OH excluding ortho intramolecular Hbond substituents is 1. The maximum atomic E-state index is 13.0. The number of benzene rings is 3. The van der Waals surface area contributed by atoms with Crippen LogP contribution in [0.4, 0.5) is 24.5 Å². The molecule has 4 N–H and O–H groups in total. The Bertz CT molecular complexity index is 1180. The number of amides is 1. The largest absolute Gasteiger partial charge is 0.506 e. The normalized spacial score (nSPS) is 11.7. The summed E-state index contributed by atoms with van der Waals surface area (Å²) in [4.78, 5) is 12.4. The zero-order chi connectivity index (χ0) is 23.3. The number of carbonyl (C=O) groups excluding carboxylic acids is 1. The third-order valence-electron chi connectivity index (χ3n) is 4.35. The van der Waals surface area contributed by atoms with Crippen LogP contribution in [0.1, 0.15) is 15.9 Å². The molecule has 0 aliphatic heterocycles. The predicted octanol–water partition coefficient (Wildman–Crippen LogP) is 6.33. The zero-order valence-electron chi connectivity index (χ0n) is 16.4. The Morgan fingerprint density at radius 3 is 2.03 bits per heavy atom. The molecule has 0 aliphatic carbocycles. The number of para-hydroxylation sites is 3. The number of carbonyl (C=O) groups is 1. The summed E-state index contributed by atoms with van der Waals surface area (Å²) in [7, 11) is 0. The van der Waals surface area contributed by atoms with E-state index in [1.165, 1.54) is 36.4 Å². The zero-order valence-corrected chi connectivity index (χ0v) is 17.1. The standard InChI is InChI=1S/C23H17ClF3N3O2/c24-16-5-1-2-6-17(16)29-19(13-21(28)23(25,26)27)14-9-11-15(12-10-14)22(32)30-18-7-3-4-8-20(18)31/h1-13,28-29,31H,(H,30,32)/b19-13-,28-21?. The van der Waals surface area contributed by atoms with Crippen LogP contribution in [0.5, 0.6) is 5.75 Å². The monoisotopic (exact) mass is 459 g/mol. The first-order chi connectivity index (χ1) is 15.1. The second kappa shape index (κ2) is 9.57. The number of rotatable bonds is 6. The molecule has 5 nitrogen and oxygen atoms in total. The minimum Gasteiger partial charge on any atom is -0.506 e. The van der Waals surface area contributed by atoms with Gasteiger partial charge in [0.15, 0.2) is 0 Å². The van der Waals surface area contributed by atoms with Crippen LogP contribution in [-0.2, 0) is 0 Å². The summed E-state index contributed by atoms with van der Waals surface area (Å²) in [5.74, 6) is -0.608. The molecule has 164 valence electrons. The second-order valence-corrected chi connectivity index (χ2v) is 7.03. The molecule has 9 heteroatoms. The summed E-state index contributed by atoms with van der Waals surface area (Å²) < 4.78 is 38.9. The Labute approximate surface area is 186 Å². The molecule has 0 aromatic heterocycles. The topological polar surface area (TPSA) is 85.2 Å². The van der Waals surface area contributed by atoms with Crippen molar-refractivity contribution in [3.05, 3.63) is 95.0 Å². The van der Waals surface area contributed by atoms with Gasteiger partial charge in [0.2, 0.25) is 0 Å². The summed E-state index contributed by atoms with van der Waals surface area (Å²) in [6.07, 6.45) is -4.18. The summed E-state index contributed by atoms with van der Waals surface area (Å²) >= 11 is 6.10. The Morgan fingerprint density at radius 1 is 0.875 bits per heavy atom. The molecule has 32 heavy (non-hydrogen) atoms. The van der Waals surface area contributed by atoms with Gasteiger partial charge in [-0.2, -0.15) is 13.2 Å².